The van der Waals surface area contributed by atoms with E-state index < -0.39 is 18.9 Å². The number of thioether (sulfide) groups is 1. The first-order chi connectivity index (χ1) is 15.6. The van der Waals surface area contributed by atoms with Gasteiger partial charge in [0.25, 0.3) is 0 Å². The van der Waals surface area contributed by atoms with Crippen molar-refractivity contribution in [3.63, 3.8) is 0 Å². The molecule has 0 unspecified atom stereocenters. The van der Waals surface area contributed by atoms with Crippen molar-refractivity contribution < 1.29 is 37.3 Å². The minimum atomic E-state index is -4.75. The highest BCUT2D eigenvalue weighted by molar-refractivity contribution is 7.98. The van der Waals surface area contributed by atoms with Gasteiger partial charge in [-0.15, -0.1) is 24.9 Å². The Morgan fingerprint density at radius 1 is 1.00 bits per heavy atom. The molecule has 3 rings (SSSR count). The van der Waals surface area contributed by atoms with Crippen LogP contribution in [0.15, 0.2) is 65.6 Å². The largest absolute Gasteiger partial charge is 0.573 e. The summed E-state index contributed by atoms with van der Waals surface area (Å²) in [6, 6.07) is 16.9. The summed E-state index contributed by atoms with van der Waals surface area (Å²) < 4.78 is 52.3. The minimum Gasteiger partial charge on any atom is -0.495 e. The normalized spacial score (nSPS) is 11.2. The van der Waals surface area contributed by atoms with Crippen LogP contribution in [0.4, 0.5) is 13.2 Å². The lowest BCUT2D eigenvalue weighted by atomic mass is 10.0. The maximum absolute atomic E-state index is 12.5. The van der Waals surface area contributed by atoms with Crippen molar-refractivity contribution in [2.75, 3.05) is 13.7 Å². The lowest BCUT2D eigenvalue weighted by Gasteiger charge is -2.14. The van der Waals surface area contributed by atoms with Gasteiger partial charge in [-0.3, -0.25) is 0 Å². The van der Waals surface area contributed by atoms with Crippen molar-refractivity contribution in [3.05, 3.63) is 71.8 Å². The molecule has 0 aromatic heterocycles. The van der Waals surface area contributed by atoms with E-state index in [0.29, 0.717) is 22.8 Å². The number of ether oxygens (including phenoxy) is 3. The van der Waals surface area contributed by atoms with E-state index in [1.54, 1.807) is 12.1 Å². The van der Waals surface area contributed by atoms with Gasteiger partial charge in [-0.05, 0) is 47.4 Å². The fourth-order valence-electron chi connectivity index (χ4n) is 3.08. The summed E-state index contributed by atoms with van der Waals surface area (Å²) in [6.45, 7) is 1.37. The molecule has 3 aromatic rings. The van der Waals surface area contributed by atoms with E-state index in [1.807, 2.05) is 37.3 Å². The maximum Gasteiger partial charge on any atom is 0.573 e. The number of carboxylic acids is 1. The fourth-order valence-corrected chi connectivity index (χ4v) is 4.13. The molecule has 174 valence electrons. The molecule has 0 aliphatic heterocycles. The number of rotatable bonds is 9. The molecule has 0 radical (unpaired) electrons. The standard InChI is InChI=1S/C24H21F3O5S/c1-15-9-22(21(30-2)12-20(15)31-13-23(28)29)33-14-16-5-3-6-17(10-16)18-7-4-8-19(11-18)32-24(25,26)27/h3-12H,13-14H2,1-2H3,(H,28,29). The number of carbonyl (C=O) groups is 1. The Labute approximate surface area is 193 Å². The third-order valence-electron chi connectivity index (χ3n) is 4.53. The first-order valence-corrected chi connectivity index (χ1v) is 10.7. The molecular formula is C24H21F3O5S. The minimum absolute atomic E-state index is 0.273. The molecule has 9 heteroatoms. The Balaban J connectivity index is 1.76. The second-order valence-corrected chi connectivity index (χ2v) is 8.03. The molecule has 0 aliphatic rings. The van der Waals surface area contributed by atoms with Gasteiger partial charge in [-0.25, -0.2) is 4.79 Å². The van der Waals surface area contributed by atoms with Gasteiger partial charge in [0.2, 0.25) is 0 Å². The molecule has 5 nitrogen and oxygen atoms in total. The number of aryl methyl sites for hydroxylation is 1. The molecule has 0 saturated heterocycles. The van der Waals surface area contributed by atoms with Crippen molar-refractivity contribution >= 4 is 17.7 Å². The van der Waals surface area contributed by atoms with Gasteiger partial charge < -0.3 is 19.3 Å². The highest BCUT2D eigenvalue weighted by Crippen LogP contribution is 2.37. The van der Waals surface area contributed by atoms with E-state index in [0.717, 1.165) is 21.6 Å². The average Bonchev–Trinajstić information content (AvgIpc) is 2.76. The third kappa shape index (κ3) is 7.08. The summed E-state index contributed by atoms with van der Waals surface area (Å²) in [5.74, 6) is 0.227. The first kappa shape index (κ1) is 24.3. The van der Waals surface area contributed by atoms with Gasteiger partial charge >= 0.3 is 12.3 Å². The Hall–Kier alpha value is -3.33. The molecule has 0 aliphatic carbocycles. The summed E-state index contributed by atoms with van der Waals surface area (Å²) in [6.07, 6.45) is -4.75. The van der Waals surface area contributed by atoms with Crippen LogP contribution >= 0.6 is 11.8 Å². The number of hydrogen-bond acceptors (Lipinski definition) is 5. The van der Waals surface area contributed by atoms with Crippen LogP contribution in [0.25, 0.3) is 11.1 Å². The molecule has 0 atom stereocenters. The predicted octanol–water partition coefficient (Wildman–Crippen LogP) is 6.32. The number of methoxy groups -OCH3 is 1. The SMILES string of the molecule is COc1cc(OCC(=O)O)c(C)cc1SCc1cccc(-c2cccc(OC(F)(F)F)c2)c1. The second kappa shape index (κ2) is 10.5. The summed E-state index contributed by atoms with van der Waals surface area (Å²) in [4.78, 5) is 11.6. The lowest BCUT2D eigenvalue weighted by molar-refractivity contribution is -0.274. The van der Waals surface area contributed by atoms with E-state index in [1.165, 1.54) is 37.1 Å². The molecule has 1 N–H and O–H groups in total. The van der Waals surface area contributed by atoms with E-state index >= 15 is 0 Å². The van der Waals surface area contributed by atoms with Crippen LogP contribution < -0.4 is 14.2 Å². The van der Waals surface area contributed by atoms with Gasteiger partial charge in [-0.1, -0.05) is 36.4 Å². The first-order valence-electron chi connectivity index (χ1n) is 9.76. The zero-order chi connectivity index (χ0) is 24.0. The maximum atomic E-state index is 12.5. The smallest absolute Gasteiger partial charge is 0.495 e. The summed E-state index contributed by atoms with van der Waals surface area (Å²) in [7, 11) is 1.52. The molecular weight excluding hydrogens is 457 g/mol. The van der Waals surface area contributed by atoms with Crippen molar-refractivity contribution in [1.82, 2.24) is 0 Å². The molecule has 0 spiro atoms. The summed E-state index contributed by atoms with van der Waals surface area (Å²) >= 11 is 1.52. The quantitative estimate of drug-likeness (QED) is 0.363. The van der Waals surface area contributed by atoms with Crippen LogP contribution in [0.3, 0.4) is 0 Å². The van der Waals surface area contributed by atoms with Gasteiger partial charge in [-0.2, -0.15) is 0 Å². The van der Waals surface area contributed by atoms with Crippen LogP contribution in [0, 0.1) is 6.92 Å². The van der Waals surface area contributed by atoms with Crippen LogP contribution in [0.5, 0.6) is 17.2 Å². The highest BCUT2D eigenvalue weighted by Gasteiger charge is 2.31. The monoisotopic (exact) mass is 478 g/mol. The average molecular weight is 478 g/mol. The number of carboxylic acid groups (broad SMARTS) is 1. The second-order valence-electron chi connectivity index (χ2n) is 7.02. The van der Waals surface area contributed by atoms with Crippen molar-refractivity contribution in [2.24, 2.45) is 0 Å². The number of hydrogen-bond donors (Lipinski definition) is 1. The summed E-state index contributed by atoms with van der Waals surface area (Å²) in [5.41, 5.74) is 3.11. The van der Waals surface area contributed by atoms with Crippen molar-refractivity contribution in [2.45, 2.75) is 23.9 Å². The van der Waals surface area contributed by atoms with Crippen LogP contribution in [0.1, 0.15) is 11.1 Å². The lowest BCUT2D eigenvalue weighted by Crippen LogP contribution is -2.17. The number of halogens is 3. The zero-order valence-electron chi connectivity index (χ0n) is 17.8. The Morgan fingerprint density at radius 3 is 2.36 bits per heavy atom. The topological polar surface area (TPSA) is 65.0 Å². The number of benzene rings is 3. The zero-order valence-corrected chi connectivity index (χ0v) is 18.6. The highest BCUT2D eigenvalue weighted by atomic mass is 32.2. The number of alkyl halides is 3. The van der Waals surface area contributed by atoms with Crippen molar-refractivity contribution in [3.8, 4) is 28.4 Å². The number of aliphatic carboxylic acids is 1. The molecule has 0 fully saturated rings. The molecule has 3 aromatic carbocycles. The van der Waals surface area contributed by atoms with Crippen LogP contribution in [0.2, 0.25) is 0 Å². The van der Waals surface area contributed by atoms with E-state index in [4.69, 9.17) is 14.6 Å². The molecule has 33 heavy (non-hydrogen) atoms. The van der Waals surface area contributed by atoms with E-state index in [2.05, 4.69) is 4.74 Å². The van der Waals surface area contributed by atoms with Gasteiger partial charge in [0.1, 0.15) is 17.2 Å². The molecule has 0 heterocycles. The van der Waals surface area contributed by atoms with Gasteiger partial charge in [0, 0.05) is 11.8 Å². The van der Waals surface area contributed by atoms with Gasteiger partial charge in [0.05, 0.1) is 12.0 Å². The van der Waals surface area contributed by atoms with Crippen LogP contribution in [-0.2, 0) is 10.5 Å². The predicted molar refractivity (Wildman–Crippen MR) is 119 cm³/mol. The Kier molecular flexibility index (Phi) is 7.75. The Morgan fingerprint density at radius 2 is 1.70 bits per heavy atom. The van der Waals surface area contributed by atoms with Crippen molar-refractivity contribution in [1.29, 1.82) is 0 Å². The molecule has 0 saturated carbocycles. The van der Waals surface area contributed by atoms with Crippen LogP contribution in [-0.4, -0.2) is 31.2 Å². The van der Waals surface area contributed by atoms with E-state index in [-0.39, 0.29) is 5.75 Å². The third-order valence-corrected chi connectivity index (χ3v) is 5.64. The fraction of sp³-hybridized carbons (Fsp3) is 0.208. The molecule has 0 amide bonds. The van der Waals surface area contributed by atoms with Gasteiger partial charge in [0.15, 0.2) is 6.61 Å². The Bertz CT molecular complexity index is 1130. The summed E-state index contributed by atoms with van der Waals surface area (Å²) in [5, 5.41) is 8.81. The van der Waals surface area contributed by atoms with E-state index in [9.17, 15) is 18.0 Å². The molecule has 0 bridgehead atoms.